The van der Waals surface area contributed by atoms with Crippen molar-refractivity contribution in [1.29, 1.82) is 0 Å². The van der Waals surface area contributed by atoms with Crippen molar-refractivity contribution >= 4 is 33.9 Å². The second-order valence-corrected chi connectivity index (χ2v) is 8.67. The monoisotopic (exact) mass is 524 g/mol. The highest BCUT2D eigenvalue weighted by atomic mass is 79.9. The Labute approximate surface area is 205 Å². The number of methoxy groups -OCH3 is 1. The third-order valence-corrected chi connectivity index (χ3v) is 5.83. The number of amides is 3. The molecule has 4 rings (SSSR count). The summed E-state index contributed by atoms with van der Waals surface area (Å²) in [5, 5.41) is 2.64. The van der Waals surface area contributed by atoms with Crippen molar-refractivity contribution in [3.8, 4) is 11.5 Å². The lowest BCUT2D eigenvalue weighted by Crippen LogP contribution is -2.30. The molecule has 1 heterocycles. The van der Waals surface area contributed by atoms with Crippen LogP contribution in [-0.4, -0.2) is 23.9 Å². The Hall–Kier alpha value is -3.65. The minimum Gasteiger partial charge on any atom is -0.493 e. The molecule has 1 aliphatic rings. The molecule has 1 saturated heterocycles. The van der Waals surface area contributed by atoms with Crippen LogP contribution in [0, 0.1) is 12.7 Å². The highest BCUT2D eigenvalue weighted by Crippen LogP contribution is 2.38. The first-order chi connectivity index (χ1) is 16.3. The van der Waals surface area contributed by atoms with Gasteiger partial charge in [0.15, 0.2) is 11.5 Å². The lowest BCUT2D eigenvalue weighted by Gasteiger charge is -2.14. The summed E-state index contributed by atoms with van der Waals surface area (Å²) in [5.74, 6) is 0.192. The maximum atomic E-state index is 13.1. The zero-order chi connectivity index (χ0) is 24.2. The lowest BCUT2D eigenvalue weighted by molar-refractivity contribution is -0.123. The summed E-state index contributed by atoms with van der Waals surface area (Å²) < 4.78 is 25.1. The highest BCUT2D eigenvalue weighted by Gasteiger charge is 2.33. The molecule has 0 spiro atoms. The normalized spacial score (nSPS) is 14.5. The van der Waals surface area contributed by atoms with Gasteiger partial charge >= 0.3 is 6.03 Å². The average molecular weight is 525 g/mol. The number of carbonyl (C=O) groups excluding carboxylic acids is 2. The molecule has 0 radical (unpaired) electrons. The number of ether oxygens (including phenoxy) is 2. The van der Waals surface area contributed by atoms with E-state index < -0.39 is 11.9 Å². The largest absolute Gasteiger partial charge is 0.493 e. The zero-order valence-electron chi connectivity index (χ0n) is 18.6. The average Bonchev–Trinajstić information content (AvgIpc) is 3.06. The van der Waals surface area contributed by atoms with Crippen molar-refractivity contribution in [1.82, 2.24) is 10.2 Å². The van der Waals surface area contributed by atoms with Gasteiger partial charge in [-0.15, -0.1) is 0 Å². The van der Waals surface area contributed by atoms with Crippen LogP contribution in [0.5, 0.6) is 11.5 Å². The number of rotatable bonds is 7. The van der Waals surface area contributed by atoms with E-state index in [-0.39, 0.29) is 24.7 Å². The molecule has 6 nitrogen and oxygen atoms in total. The summed E-state index contributed by atoms with van der Waals surface area (Å²) in [6, 6.07) is 16.7. The molecule has 34 heavy (non-hydrogen) atoms. The highest BCUT2D eigenvalue weighted by molar-refractivity contribution is 9.10. The van der Waals surface area contributed by atoms with Crippen LogP contribution in [0.25, 0.3) is 6.08 Å². The molecule has 3 aromatic carbocycles. The van der Waals surface area contributed by atoms with Crippen molar-refractivity contribution < 1.29 is 23.5 Å². The summed E-state index contributed by atoms with van der Waals surface area (Å²) >= 11 is 3.49. The van der Waals surface area contributed by atoms with Gasteiger partial charge in [0.1, 0.15) is 18.1 Å². The molecule has 0 bridgehead atoms. The van der Waals surface area contributed by atoms with E-state index in [1.165, 1.54) is 24.1 Å². The summed E-state index contributed by atoms with van der Waals surface area (Å²) in [4.78, 5) is 26.5. The molecule has 174 valence electrons. The molecule has 0 unspecified atom stereocenters. The van der Waals surface area contributed by atoms with E-state index >= 15 is 0 Å². The van der Waals surface area contributed by atoms with Gasteiger partial charge in [-0.05, 0) is 69.9 Å². The topological polar surface area (TPSA) is 67.9 Å². The van der Waals surface area contributed by atoms with Crippen LogP contribution < -0.4 is 14.8 Å². The van der Waals surface area contributed by atoms with E-state index in [0.717, 1.165) is 16.7 Å². The van der Waals surface area contributed by atoms with Crippen molar-refractivity contribution in [3.63, 3.8) is 0 Å². The van der Waals surface area contributed by atoms with E-state index in [1.54, 1.807) is 30.3 Å². The number of imide groups is 1. The van der Waals surface area contributed by atoms with Crippen molar-refractivity contribution in [3.05, 3.63) is 98.9 Å². The smallest absolute Gasteiger partial charge is 0.329 e. The number of hydrogen-bond donors (Lipinski definition) is 1. The molecular formula is C26H22BrFN2O4. The van der Waals surface area contributed by atoms with Gasteiger partial charge in [-0.1, -0.05) is 42.0 Å². The third-order valence-electron chi connectivity index (χ3n) is 5.24. The van der Waals surface area contributed by atoms with Crippen molar-refractivity contribution in [2.45, 2.75) is 20.1 Å². The van der Waals surface area contributed by atoms with Crippen LogP contribution in [0.4, 0.5) is 9.18 Å². The predicted molar refractivity (Wildman–Crippen MR) is 130 cm³/mol. The minimum absolute atomic E-state index is 0.173. The third kappa shape index (κ3) is 5.28. The van der Waals surface area contributed by atoms with E-state index in [2.05, 4.69) is 21.2 Å². The molecule has 0 aliphatic carbocycles. The zero-order valence-corrected chi connectivity index (χ0v) is 20.2. The number of halogens is 2. The maximum absolute atomic E-state index is 13.1. The fourth-order valence-corrected chi connectivity index (χ4v) is 4.15. The summed E-state index contributed by atoms with van der Waals surface area (Å²) in [6.07, 6.45) is 1.59. The van der Waals surface area contributed by atoms with Crippen LogP contribution in [0.2, 0.25) is 0 Å². The van der Waals surface area contributed by atoms with Gasteiger partial charge in [0.25, 0.3) is 5.91 Å². The lowest BCUT2D eigenvalue weighted by atomic mass is 10.1. The Kier molecular flexibility index (Phi) is 6.98. The number of urea groups is 1. The molecule has 0 atom stereocenters. The van der Waals surface area contributed by atoms with Gasteiger partial charge in [-0.25, -0.2) is 9.18 Å². The first-order valence-electron chi connectivity index (χ1n) is 10.5. The fourth-order valence-electron chi connectivity index (χ4n) is 3.57. The Morgan fingerprint density at radius 1 is 1.06 bits per heavy atom. The Bertz CT molecular complexity index is 1270. The Morgan fingerprint density at radius 3 is 2.53 bits per heavy atom. The quantitative estimate of drug-likeness (QED) is 0.323. The fraction of sp³-hybridized carbons (Fsp3) is 0.154. The number of carbonyl (C=O) groups is 2. The molecule has 3 aromatic rings. The molecule has 3 amide bonds. The molecule has 1 N–H and O–H groups in total. The SMILES string of the molecule is COc1cc(/C=C2/NC(=O)N(Cc3cccc(C)c3)C2=O)cc(Br)c1OCc1ccc(F)cc1. The summed E-state index contributed by atoms with van der Waals surface area (Å²) in [6.45, 7) is 2.37. The number of nitrogens with zero attached hydrogens (tertiary/aromatic N) is 1. The van der Waals surface area contributed by atoms with Gasteiger partial charge in [-0.3, -0.25) is 9.69 Å². The Morgan fingerprint density at radius 2 is 1.82 bits per heavy atom. The second kappa shape index (κ2) is 10.1. The standard InChI is InChI=1S/C26H22BrFN2O4/c1-16-4-3-5-18(10-16)14-30-25(31)22(29-26(30)32)12-19-11-21(27)24(23(13-19)33-2)34-15-17-6-8-20(28)9-7-17/h3-13H,14-15H2,1-2H3,(H,29,32)/b22-12+. The van der Waals surface area contributed by atoms with Gasteiger partial charge in [0.2, 0.25) is 0 Å². The van der Waals surface area contributed by atoms with Crippen LogP contribution in [0.3, 0.4) is 0 Å². The second-order valence-electron chi connectivity index (χ2n) is 7.82. The molecular weight excluding hydrogens is 503 g/mol. The summed E-state index contributed by atoms with van der Waals surface area (Å²) in [5.41, 5.74) is 3.54. The maximum Gasteiger partial charge on any atom is 0.329 e. The first kappa shape index (κ1) is 23.5. The van der Waals surface area contributed by atoms with Crippen LogP contribution >= 0.6 is 15.9 Å². The van der Waals surface area contributed by atoms with Gasteiger partial charge in [0, 0.05) is 0 Å². The van der Waals surface area contributed by atoms with E-state index in [9.17, 15) is 14.0 Å². The molecule has 8 heteroatoms. The summed E-state index contributed by atoms with van der Waals surface area (Å²) in [7, 11) is 1.51. The number of benzene rings is 3. The predicted octanol–water partition coefficient (Wildman–Crippen LogP) is 5.58. The number of hydrogen-bond acceptors (Lipinski definition) is 4. The van der Waals surface area contributed by atoms with E-state index in [4.69, 9.17) is 9.47 Å². The number of nitrogens with one attached hydrogen (secondary N) is 1. The van der Waals surface area contributed by atoms with Crippen molar-refractivity contribution in [2.24, 2.45) is 0 Å². The van der Waals surface area contributed by atoms with E-state index in [0.29, 0.717) is 21.5 Å². The molecule has 0 saturated carbocycles. The van der Waals surface area contributed by atoms with Crippen molar-refractivity contribution in [2.75, 3.05) is 7.11 Å². The minimum atomic E-state index is -0.469. The van der Waals surface area contributed by atoms with E-state index in [1.807, 2.05) is 31.2 Å². The van der Waals surface area contributed by atoms with Crippen LogP contribution in [-0.2, 0) is 17.9 Å². The Balaban J connectivity index is 1.53. The van der Waals surface area contributed by atoms with Gasteiger partial charge in [0.05, 0.1) is 18.1 Å². The first-order valence-corrected chi connectivity index (χ1v) is 11.3. The van der Waals surface area contributed by atoms with Crippen LogP contribution in [0.15, 0.2) is 70.8 Å². The number of aryl methyl sites for hydroxylation is 1. The van der Waals surface area contributed by atoms with Gasteiger partial charge in [-0.2, -0.15) is 0 Å². The van der Waals surface area contributed by atoms with Gasteiger partial charge < -0.3 is 14.8 Å². The molecule has 0 aromatic heterocycles. The molecule has 1 aliphatic heterocycles. The van der Waals surface area contributed by atoms with Crippen LogP contribution in [0.1, 0.15) is 22.3 Å². The molecule has 1 fully saturated rings.